The van der Waals surface area contributed by atoms with E-state index in [1.807, 2.05) is 16.8 Å². The molecule has 0 spiro atoms. The van der Waals surface area contributed by atoms with Gasteiger partial charge in [0, 0.05) is 59.0 Å². The van der Waals surface area contributed by atoms with Crippen molar-refractivity contribution in [1.82, 2.24) is 14.7 Å². The van der Waals surface area contributed by atoms with Crippen LogP contribution in [0.5, 0.6) is 0 Å². The Balaban J connectivity index is 1.75. The lowest BCUT2D eigenvalue weighted by molar-refractivity contribution is -0.137. The molecule has 1 N–H and O–H groups in total. The van der Waals surface area contributed by atoms with E-state index in [4.69, 9.17) is 9.84 Å². The Hall–Kier alpha value is -1.34. The quantitative estimate of drug-likeness (QED) is 0.809. The third-order valence-electron chi connectivity index (χ3n) is 4.32. The van der Waals surface area contributed by atoms with Crippen LogP contribution in [0.4, 0.5) is 4.79 Å². The lowest BCUT2D eigenvalue weighted by Gasteiger charge is -2.39. The summed E-state index contributed by atoms with van der Waals surface area (Å²) < 4.78 is 5.33. The van der Waals surface area contributed by atoms with E-state index in [1.54, 1.807) is 0 Å². The van der Waals surface area contributed by atoms with Gasteiger partial charge in [0.25, 0.3) is 0 Å². The first kappa shape index (κ1) is 16.0. The molecule has 2 saturated heterocycles. The van der Waals surface area contributed by atoms with Gasteiger partial charge in [0.2, 0.25) is 0 Å². The molecular formula is C14H25N3O4. The zero-order chi connectivity index (χ0) is 15.2. The molecule has 0 bridgehead atoms. The van der Waals surface area contributed by atoms with Crippen LogP contribution in [0.25, 0.3) is 0 Å². The van der Waals surface area contributed by atoms with Gasteiger partial charge in [-0.1, -0.05) is 0 Å². The minimum Gasteiger partial charge on any atom is -0.481 e. The second kappa shape index (κ2) is 7.61. The molecule has 0 aromatic rings. The molecule has 2 fully saturated rings. The van der Waals surface area contributed by atoms with Gasteiger partial charge in [-0.2, -0.15) is 0 Å². The summed E-state index contributed by atoms with van der Waals surface area (Å²) in [5.41, 5.74) is 0. The van der Waals surface area contributed by atoms with Crippen molar-refractivity contribution in [2.45, 2.75) is 25.3 Å². The Morgan fingerprint density at radius 3 is 2.38 bits per heavy atom. The summed E-state index contributed by atoms with van der Waals surface area (Å²) in [5, 5.41) is 8.69. The number of carboxylic acids is 1. The molecule has 7 heteroatoms. The third kappa shape index (κ3) is 4.57. The first-order chi connectivity index (χ1) is 10.1. The third-order valence-corrected chi connectivity index (χ3v) is 4.32. The van der Waals surface area contributed by atoms with Crippen LogP contribution in [0, 0.1) is 0 Å². The number of rotatable bonds is 4. The topological polar surface area (TPSA) is 73.3 Å². The van der Waals surface area contributed by atoms with E-state index in [0.717, 1.165) is 39.1 Å². The number of aliphatic carboxylic acids is 1. The molecule has 120 valence electrons. The molecule has 0 radical (unpaired) electrons. The summed E-state index contributed by atoms with van der Waals surface area (Å²) >= 11 is 0. The van der Waals surface area contributed by atoms with E-state index < -0.39 is 5.97 Å². The van der Waals surface area contributed by atoms with E-state index in [-0.39, 0.29) is 18.5 Å². The van der Waals surface area contributed by atoms with E-state index in [9.17, 15) is 9.59 Å². The minimum atomic E-state index is -0.771. The van der Waals surface area contributed by atoms with Crippen molar-refractivity contribution < 1.29 is 19.4 Å². The number of piperazine rings is 1. The Bertz CT molecular complexity index is 363. The predicted molar refractivity (Wildman–Crippen MR) is 77.3 cm³/mol. The molecule has 0 aliphatic carbocycles. The summed E-state index contributed by atoms with van der Waals surface area (Å²) in [4.78, 5) is 28.9. The minimum absolute atomic E-state index is 0.0831. The highest BCUT2D eigenvalue weighted by atomic mass is 16.5. The highest BCUT2D eigenvalue weighted by Gasteiger charge is 2.28. The molecule has 0 saturated carbocycles. The number of carbonyl (C=O) groups excluding carboxylic acids is 1. The summed E-state index contributed by atoms with van der Waals surface area (Å²) in [7, 11) is 1.87. The number of ether oxygens (including phenoxy) is 1. The standard InChI is InChI=1S/C14H25N3O4/c1-15(12-3-10-21-11-4-12)14(20)17-8-6-16(7-9-17)5-2-13(18)19/h12H,2-11H2,1H3,(H,18,19). The van der Waals surface area contributed by atoms with Gasteiger partial charge >= 0.3 is 12.0 Å². The largest absolute Gasteiger partial charge is 0.481 e. The van der Waals surface area contributed by atoms with Crippen molar-refractivity contribution in [1.29, 1.82) is 0 Å². The van der Waals surface area contributed by atoms with E-state index in [2.05, 4.69) is 4.90 Å². The van der Waals surface area contributed by atoms with Gasteiger partial charge in [0.05, 0.1) is 6.42 Å². The van der Waals surface area contributed by atoms with Crippen molar-refractivity contribution in [3.8, 4) is 0 Å². The Morgan fingerprint density at radius 2 is 1.81 bits per heavy atom. The number of carbonyl (C=O) groups is 2. The second-order valence-corrected chi connectivity index (χ2v) is 5.71. The molecule has 21 heavy (non-hydrogen) atoms. The molecule has 2 aliphatic heterocycles. The van der Waals surface area contributed by atoms with Crippen molar-refractivity contribution in [3.05, 3.63) is 0 Å². The van der Waals surface area contributed by atoms with Gasteiger partial charge in [-0.3, -0.25) is 9.69 Å². The van der Waals surface area contributed by atoms with Crippen LogP contribution in [0.15, 0.2) is 0 Å². The average molecular weight is 299 g/mol. The second-order valence-electron chi connectivity index (χ2n) is 5.71. The molecule has 2 heterocycles. The predicted octanol–water partition coefficient (Wildman–Crippen LogP) is 0.310. The fraction of sp³-hybridized carbons (Fsp3) is 0.857. The maximum absolute atomic E-state index is 12.5. The van der Waals surface area contributed by atoms with Gasteiger partial charge in [-0.25, -0.2) is 4.79 Å². The van der Waals surface area contributed by atoms with E-state index >= 15 is 0 Å². The van der Waals surface area contributed by atoms with E-state index in [1.165, 1.54) is 0 Å². The molecule has 2 amide bonds. The van der Waals surface area contributed by atoms with Gasteiger partial charge in [0.1, 0.15) is 0 Å². The van der Waals surface area contributed by atoms with Crippen molar-refractivity contribution in [2.24, 2.45) is 0 Å². The number of urea groups is 1. The molecule has 0 aromatic carbocycles. The zero-order valence-corrected chi connectivity index (χ0v) is 12.7. The molecule has 0 aromatic heterocycles. The van der Waals surface area contributed by atoms with Gasteiger partial charge in [-0.15, -0.1) is 0 Å². The monoisotopic (exact) mass is 299 g/mol. The van der Waals surface area contributed by atoms with Crippen LogP contribution in [0.2, 0.25) is 0 Å². The first-order valence-corrected chi connectivity index (χ1v) is 7.61. The first-order valence-electron chi connectivity index (χ1n) is 7.61. The Kier molecular flexibility index (Phi) is 5.81. The van der Waals surface area contributed by atoms with Gasteiger partial charge in [-0.05, 0) is 12.8 Å². The highest BCUT2D eigenvalue weighted by molar-refractivity contribution is 5.74. The van der Waals surface area contributed by atoms with Crippen molar-refractivity contribution in [2.75, 3.05) is 53.0 Å². The van der Waals surface area contributed by atoms with Gasteiger partial charge in [0.15, 0.2) is 0 Å². The van der Waals surface area contributed by atoms with Crippen LogP contribution < -0.4 is 0 Å². The number of nitrogens with zero attached hydrogens (tertiary/aromatic N) is 3. The summed E-state index contributed by atoms with van der Waals surface area (Å²) in [6, 6.07) is 0.357. The SMILES string of the molecule is CN(C(=O)N1CCN(CCC(=O)O)CC1)C1CCOCC1. The lowest BCUT2D eigenvalue weighted by atomic mass is 10.1. The van der Waals surface area contributed by atoms with Crippen LogP contribution in [-0.4, -0.2) is 90.8 Å². The van der Waals surface area contributed by atoms with Crippen molar-refractivity contribution >= 4 is 12.0 Å². The Morgan fingerprint density at radius 1 is 1.19 bits per heavy atom. The number of hydrogen-bond donors (Lipinski definition) is 1. The van der Waals surface area contributed by atoms with E-state index in [0.29, 0.717) is 19.6 Å². The molecule has 0 unspecified atom stereocenters. The molecule has 0 atom stereocenters. The molecular weight excluding hydrogens is 274 g/mol. The fourth-order valence-corrected chi connectivity index (χ4v) is 2.87. The average Bonchev–Trinajstić information content (AvgIpc) is 2.53. The van der Waals surface area contributed by atoms with Crippen LogP contribution >= 0.6 is 0 Å². The fourth-order valence-electron chi connectivity index (χ4n) is 2.87. The molecule has 2 rings (SSSR count). The lowest BCUT2D eigenvalue weighted by Crippen LogP contribution is -2.54. The van der Waals surface area contributed by atoms with Crippen LogP contribution in [0.1, 0.15) is 19.3 Å². The number of amides is 2. The summed E-state index contributed by atoms with van der Waals surface area (Å²) in [6.07, 6.45) is 1.97. The number of carboxylic acid groups (broad SMARTS) is 1. The Labute approximate surface area is 125 Å². The summed E-state index contributed by atoms with van der Waals surface area (Å²) in [5.74, 6) is -0.771. The molecule has 2 aliphatic rings. The van der Waals surface area contributed by atoms with Crippen LogP contribution in [-0.2, 0) is 9.53 Å². The number of hydrogen-bond acceptors (Lipinski definition) is 4. The smallest absolute Gasteiger partial charge is 0.320 e. The van der Waals surface area contributed by atoms with Crippen molar-refractivity contribution in [3.63, 3.8) is 0 Å². The maximum atomic E-state index is 12.5. The summed E-state index contributed by atoms with van der Waals surface area (Å²) in [6.45, 7) is 4.86. The van der Waals surface area contributed by atoms with Crippen LogP contribution in [0.3, 0.4) is 0 Å². The zero-order valence-electron chi connectivity index (χ0n) is 12.7. The molecule has 7 nitrogen and oxygen atoms in total. The normalized spacial score (nSPS) is 21.3. The highest BCUT2D eigenvalue weighted by Crippen LogP contribution is 2.15. The maximum Gasteiger partial charge on any atom is 0.320 e. The van der Waals surface area contributed by atoms with Gasteiger partial charge < -0.3 is 19.6 Å².